The van der Waals surface area contributed by atoms with E-state index in [1.165, 1.54) is 13.0 Å². The normalized spacial score (nSPS) is 27.9. The molecular weight excluding hydrogens is 179 g/mol. The number of rotatable bonds is 5. The maximum atomic E-state index is 13.0. The van der Waals surface area contributed by atoms with Gasteiger partial charge in [-0.2, -0.15) is 0 Å². The first-order valence-electron chi connectivity index (χ1n) is 5.79. The Bertz CT molecular complexity index is 175. The molecule has 0 spiro atoms. The SMILES string of the molecule is CCC[N+](C)(CC)CN1CCC(F)C1. The molecule has 0 aromatic rings. The summed E-state index contributed by atoms with van der Waals surface area (Å²) in [4.78, 5) is 2.27. The second kappa shape index (κ2) is 5.08. The average molecular weight is 203 g/mol. The van der Waals surface area contributed by atoms with Crippen LogP contribution in [0.25, 0.3) is 0 Å². The van der Waals surface area contributed by atoms with E-state index >= 15 is 0 Å². The highest BCUT2D eigenvalue weighted by atomic mass is 19.1. The standard InChI is InChI=1S/C11H24FN2/c1-4-8-14(3,5-2)10-13-7-6-11(12)9-13/h11H,4-10H2,1-3H3/q+1. The molecule has 0 radical (unpaired) electrons. The molecule has 0 N–H and O–H groups in total. The molecule has 84 valence electrons. The summed E-state index contributed by atoms with van der Waals surface area (Å²) in [6, 6.07) is 0. The molecule has 0 aliphatic carbocycles. The van der Waals surface area contributed by atoms with Gasteiger partial charge in [-0.25, -0.2) is 4.39 Å². The lowest BCUT2D eigenvalue weighted by atomic mass is 10.3. The lowest BCUT2D eigenvalue weighted by Gasteiger charge is -2.36. The van der Waals surface area contributed by atoms with E-state index in [4.69, 9.17) is 0 Å². The van der Waals surface area contributed by atoms with Crippen LogP contribution >= 0.6 is 0 Å². The molecule has 1 aliphatic rings. The van der Waals surface area contributed by atoms with Gasteiger partial charge in [-0.15, -0.1) is 0 Å². The van der Waals surface area contributed by atoms with Crippen LogP contribution in [0.2, 0.25) is 0 Å². The maximum absolute atomic E-state index is 13.0. The predicted octanol–water partition coefficient (Wildman–Crippen LogP) is 1.86. The summed E-state index contributed by atoms with van der Waals surface area (Å²) < 4.78 is 14.0. The predicted molar refractivity (Wildman–Crippen MR) is 57.8 cm³/mol. The van der Waals surface area contributed by atoms with E-state index in [1.54, 1.807) is 0 Å². The summed E-state index contributed by atoms with van der Waals surface area (Å²) in [5.41, 5.74) is 0. The van der Waals surface area contributed by atoms with Crippen molar-refractivity contribution in [2.75, 3.05) is 39.9 Å². The van der Waals surface area contributed by atoms with Crippen molar-refractivity contribution >= 4 is 0 Å². The second-order valence-electron chi connectivity index (χ2n) is 4.76. The van der Waals surface area contributed by atoms with Gasteiger partial charge in [-0.1, -0.05) is 6.92 Å². The zero-order valence-corrected chi connectivity index (χ0v) is 9.80. The largest absolute Gasteiger partial charge is 0.314 e. The Morgan fingerprint density at radius 2 is 2.14 bits per heavy atom. The summed E-state index contributed by atoms with van der Waals surface area (Å²) in [5, 5.41) is 0. The van der Waals surface area contributed by atoms with Crippen LogP contribution < -0.4 is 0 Å². The average Bonchev–Trinajstić information content (AvgIpc) is 2.51. The molecule has 0 bridgehead atoms. The van der Waals surface area contributed by atoms with E-state index in [0.717, 1.165) is 30.7 Å². The van der Waals surface area contributed by atoms with E-state index in [9.17, 15) is 4.39 Å². The fourth-order valence-corrected chi connectivity index (χ4v) is 2.27. The third-order valence-corrected chi connectivity index (χ3v) is 3.28. The number of alkyl halides is 1. The Kier molecular flexibility index (Phi) is 4.32. The number of hydrogen-bond donors (Lipinski definition) is 0. The minimum atomic E-state index is -0.582. The number of likely N-dealkylation sites (tertiary alicyclic amines) is 1. The van der Waals surface area contributed by atoms with Crippen LogP contribution in [0.1, 0.15) is 26.7 Å². The minimum absolute atomic E-state index is 0.582. The highest BCUT2D eigenvalue weighted by Gasteiger charge is 2.28. The van der Waals surface area contributed by atoms with Gasteiger partial charge in [0.15, 0.2) is 0 Å². The molecule has 2 nitrogen and oxygen atoms in total. The maximum Gasteiger partial charge on any atom is 0.134 e. The first kappa shape index (κ1) is 11.9. The lowest BCUT2D eigenvalue weighted by Crippen LogP contribution is -2.51. The van der Waals surface area contributed by atoms with Crippen molar-refractivity contribution in [3.8, 4) is 0 Å². The third kappa shape index (κ3) is 3.21. The van der Waals surface area contributed by atoms with E-state index < -0.39 is 6.17 Å². The minimum Gasteiger partial charge on any atom is -0.314 e. The molecule has 1 aliphatic heterocycles. The highest BCUT2D eigenvalue weighted by Crippen LogP contribution is 2.15. The summed E-state index contributed by atoms with van der Waals surface area (Å²) in [6.45, 7) is 9.39. The van der Waals surface area contributed by atoms with Gasteiger partial charge < -0.3 is 4.48 Å². The van der Waals surface area contributed by atoms with Crippen molar-refractivity contribution in [2.45, 2.75) is 32.9 Å². The van der Waals surface area contributed by atoms with Crippen LogP contribution in [0.5, 0.6) is 0 Å². The quantitative estimate of drug-likeness (QED) is 0.617. The summed E-state index contributed by atoms with van der Waals surface area (Å²) in [7, 11) is 2.27. The van der Waals surface area contributed by atoms with Gasteiger partial charge in [-0.3, -0.25) is 4.90 Å². The molecule has 0 amide bonds. The van der Waals surface area contributed by atoms with E-state index in [0.29, 0.717) is 6.54 Å². The summed E-state index contributed by atoms with van der Waals surface area (Å²) >= 11 is 0. The smallest absolute Gasteiger partial charge is 0.134 e. The van der Waals surface area contributed by atoms with Crippen molar-refractivity contribution in [1.82, 2.24) is 4.90 Å². The van der Waals surface area contributed by atoms with Crippen LogP contribution in [-0.4, -0.2) is 55.5 Å². The van der Waals surface area contributed by atoms with Gasteiger partial charge >= 0.3 is 0 Å². The highest BCUT2D eigenvalue weighted by molar-refractivity contribution is 4.72. The topological polar surface area (TPSA) is 3.24 Å². The fraction of sp³-hybridized carbons (Fsp3) is 1.00. The Morgan fingerprint density at radius 1 is 1.43 bits per heavy atom. The van der Waals surface area contributed by atoms with E-state index in [2.05, 4.69) is 25.8 Å². The number of nitrogens with zero attached hydrogens (tertiary/aromatic N) is 2. The van der Waals surface area contributed by atoms with Gasteiger partial charge in [0, 0.05) is 13.1 Å². The first-order valence-corrected chi connectivity index (χ1v) is 5.79. The molecular formula is C11H24FN2+. The van der Waals surface area contributed by atoms with E-state index in [1.807, 2.05) is 0 Å². The molecule has 0 aromatic heterocycles. The molecule has 3 heteroatoms. The molecule has 1 rings (SSSR count). The molecule has 2 atom stereocenters. The van der Waals surface area contributed by atoms with Crippen LogP contribution in [0, 0.1) is 0 Å². The van der Waals surface area contributed by atoms with Gasteiger partial charge in [0.05, 0.1) is 20.1 Å². The second-order valence-corrected chi connectivity index (χ2v) is 4.76. The monoisotopic (exact) mass is 203 g/mol. The Labute approximate surface area is 87.3 Å². The van der Waals surface area contributed by atoms with Crippen molar-refractivity contribution in [1.29, 1.82) is 0 Å². The van der Waals surface area contributed by atoms with Gasteiger partial charge in [0.2, 0.25) is 0 Å². The van der Waals surface area contributed by atoms with Crippen LogP contribution in [-0.2, 0) is 0 Å². The van der Waals surface area contributed by atoms with Crippen molar-refractivity contribution in [2.24, 2.45) is 0 Å². The molecule has 0 aromatic carbocycles. The van der Waals surface area contributed by atoms with Crippen molar-refractivity contribution in [3.05, 3.63) is 0 Å². The number of halogens is 1. The Hall–Kier alpha value is -0.150. The molecule has 14 heavy (non-hydrogen) atoms. The number of quaternary nitrogens is 1. The molecule has 1 saturated heterocycles. The molecule has 1 heterocycles. The Balaban J connectivity index is 2.39. The van der Waals surface area contributed by atoms with Crippen LogP contribution in [0.15, 0.2) is 0 Å². The van der Waals surface area contributed by atoms with Crippen LogP contribution in [0.3, 0.4) is 0 Å². The van der Waals surface area contributed by atoms with Gasteiger partial charge in [0.1, 0.15) is 12.8 Å². The zero-order valence-electron chi connectivity index (χ0n) is 9.80. The zero-order chi connectivity index (χ0) is 10.6. The molecule has 1 fully saturated rings. The number of hydrogen-bond acceptors (Lipinski definition) is 1. The van der Waals surface area contributed by atoms with Gasteiger partial charge in [-0.05, 0) is 19.8 Å². The Morgan fingerprint density at radius 3 is 2.57 bits per heavy atom. The molecule has 2 unspecified atom stereocenters. The summed E-state index contributed by atoms with van der Waals surface area (Å²) in [5.74, 6) is 0. The van der Waals surface area contributed by atoms with E-state index in [-0.39, 0.29) is 0 Å². The third-order valence-electron chi connectivity index (χ3n) is 3.28. The molecule has 0 saturated carbocycles. The fourth-order valence-electron chi connectivity index (χ4n) is 2.27. The lowest BCUT2D eigenvalue weighted by molar-refractivity contribution is -0.917. The van der Waals surface area contributed by atoms with Crippen molar-refractivity contribution in [3.63, 3.8) is 0 Å². The van der Waals surface area contributed by atoms with Crippen LogP contribution in [0.4, 0.5) is 4.39 Å². The van der Waals surface area contributed by atoms with Crippen molar-refractivity contribution < 1.29 is 8.87 Å². The summed E-state index contributed by atoms with van der Waals surface area (Å²) in [6.07, 6.45) is 1.36. The van der Waals surface area contributed by atoms with Gasteiger partial charge in [0.25, 0.3) is 0 Å². The first-order chi connectivity index (χ1) is 6.59.